The Bertz CT molecular complexity index is 980. The molecule has 2 heterocycles. The molecule has 1 N–H and O–H groups in total. The summed E-state index contributed by atoms with van der Waals surface area (Å²) in [5.74, 6) is 1.22. The van der Waals surface area contributed by atoms with Crippen LogP contribution in [0.5, 0.6) is 0 Å². The lowest BCUT2D eigenvalue weighted by molar-refractivity contribution is 0.287. The van der Waals surface area contributed by atoms with Gasteiger partial charge in [-0.1, -0.05) is 158 Å². The van der Waals surface area contributed by atoms with Gasteiger partial charge in [0.2, 0.25) is 0 Å². The Morgan fingerprint density at radius 3 is 0.979 bits per heavy atom. The SMILES string of the molecule is C.C.C.C.C.CCC.CCCCCC.CCO.O=S1(=O)CCN(Cc2ccccc2)CC1.O=S1(=O)CCN(Cc2ccccc2)CC1. The van der Waals surface area contributed by atoms with Crippen LogP contribution < -0.4 is 0 Å². The molecule has 2 aliphatic rings. The van der Waals surface area contributed by atoms with Gasteiger partial charge in [0.05, 0.1) is 23.0 Å². The molecule has 2 aliphatic heterocycles. The second-order valence-corrected chi connectivity index (χ2v) is 15.2. The summed E-state index contributed by atoms with van der Waals surface area (Å²) in [6.45, 7) is 15.0. The van der Waals surface area contributed by atoms with E-state index in [1.807, 2.05) is 36.4 Å². The molecule has 2 aromatic carbocycles. The summed E-state index contributed by atoms with van der Waals surface area (Å²) in [6, 6.07) is 20.3. The number of nitrogens with zero attached hydrogens (tertiary/aromatic N) is 2. The minimum absolute atomic E-state index is 0. The fourth-order valence-corrected chi connectivity index (χ4v) is 6.55. The molecule has 2 fully saturated rings. The van der Waals surface area contributed by atoms with Gasteiger partial charge < -0.3 is 5.11 Å². The summed E-state index contributed by atoms with van der Waals surface area (Å²) in [7, 11) is -5.50. The largest absolute Gasteiger partial charge is 0.397 e. The molecule has 0 atom stereocenters. The van der Waals surface area contributed by atoms with Gasteiger partial charge in [0, 0.05) is 45.9 Å². The first kappa shape index (κ1) is 57.5. The molecule has 0 aromatic heterocycles. The maximum absolute atomic E-state index is 11.2. The van der Waals surface area contributed by atoms with E-state index in [9.17, 15) is 16.8 Å². The van der Waals surface area contributed by atoms with Crippen LogP contribution in [0.2, 0.25) is 0 Å². The first-order valence-electron chi connectivity index (χ1n) is 15.6. The molecule has 47 heavy (non-hydrogen) atoms. The van der Waals surface area contributed by atoms with E-state index >= 15 is 0 Å². The van der Waals surface area contributed by atoms with Crippen LogP contribution in [0.4, 0.5) is 0 Å². The number of unbranched alkanes of at least 4 members (excludes halogenated alkanes) is 3. The number of aliphatic hydroxyl groups is 1. The van der Waals surface area contributed by atoms with Crippen molar-refractivity contribution in [1.82, 2.24) is 9.80 Å². The number of hydrogen-bond donors (Lipinski definition) is 1. The molecule has 0 amide bonds. The van der Waals surface area contributed by atoms with Crippen molar-refractivity contribution in [2.24, 2.45) is 0 Å². The highest BCUT2D eigenvalue weighted by Crippen LogP contribution is 2.10. The van der Waals surface area contributed by atoms with Gasteiger partial charge in [-0.15, -0.1) is 0 Å². The van der Waals surface area contributed by atoms with Gasteiger partial charge in [0.1, 0.15) is 0 Å². The predicted octanol–water partition coefficient (Wildman–Crippen LogP) is 9.02. The molecule has 0 bridgehead atoms. The van der Waals surface area contributed by atoms with Crippen molar-refractivity contribution in [3.63, 3.8) is 0 Å². The van der Waals surface area contributed by atoms with Crippen LogP contribution in [-0.4, -0.2) is 87.5 Å². The van der Waals surface area contributed by atoms with Crippen LogP contribution in [0.3, 0.4) is 0 Å². The molecule has 0 unspecified atom stereocenters. The van der Waals surface area contributed by atoms with Gasteiger partial charge in [-0.25, -0.2) is 16.8 Å². The summed E-state index contributed by atoms with van der Waals surface area (Å²) in [5, 5.41) is 7.57. The monoisotopic (exact) mass is 707 g/mol. The van der Waals surface area contributed by atoms with Gasteiger partial charge in [-0.3, -0.25) is 9.80 Å². The number of aliphatic hydroxyl groups excluding tert-OH is 1. The Hall–Kier alpha value is -1.78. The van der Waals surface area contributed by atoms with E-state index in [0.717, 1.165) is 13.1 Å². The topological polar surface area (TPSA) is 95.0 Å². The van der Waals surface area contributed by atoms with Crippen molar-refractivity contribution in [3.05, 3.63) is 71.8 Å². The van der Waals surface area contributed by atoms with Crippen LogP contribution in [0.25, 0.3) is 0 Å². The number of hydrogen-bond acceptors (Lipinski definition) is 7. The number of sulfone groups is 2. The first-order valence-corrected chi connectivity index (χ1v) is 19.2. The fraction of sp³-hybridized carbons (Fsp3) is 0.684. The Balaban J connectivity index is -0.000000124. The van der Waals surface area contributed by atoms with Crippen molar-refractivity contribution in [1.29, 1.82) is 0 Å². The number of rotatable bonds is 7. The molecular formula is C38H78N2O5S2. The summed E-state index contributed by atoms with van der Waals surface area (Å²) in [5.41, 5.74) is 2.49. The first-order chi connectivity index (χ1) is 20.1. The van der Waals surface area contributed by atoms with Crippen LogP contribution in [0.15, 0.2) is 60.7 Å². The van der Waals surface area contributed by atoms with Gasteiger partial charge in [-0.2, -0.15) is 0 Å². The summed E-state index contributed by atoms with van der Waals surface area (Å²) < 4.78 is 44.9. The van der Waals surface area contributed by atoms with Crippen molar-refractivity contribution in [2.75, 3.05) is 55.8 Å². The second kappa shape index (κ2) is 35.5. The van der Waals surface area contributed by atoms with E-state index in [4.69, 9.17) is 5.11 Å². The molecule has 0 aliphatic carbocycles. The van der Waals surface area contributed by atoms with Gasteiger partial charge >= 0.3 is 0 Å². The summed E-state index contributed by atoms with van der Waals surface area (Å²) >= 11 is 0. The molecule has 0 spiro atoms. The van der Waals surface area contributed by atoms with Crippen LogP contribution in [0, 0.1) is 0 Å². The maximum atomic E-state index is 11.2. The number of benzene rings is 2. The van der Waals surface area contributed by atoms with Crippen molar-refractivity contribution in [2.45, 2.75) is 117 Å². The van der Waals surface area contributed by atoms with Gasteiger partial charge in [0.15, 0.2) is 19.7 Å². The molecule has 2 aromatic rings. The summed E-state index contributed by atoms with van der Waals surface area (Å²) in [4.78, 5) is 4.38. The Labute approximate surface area is 295 Å². The highest BCUT2D eigenvalue weighted by atomic mass is 32.2. The lowest BCUT2D eigenvalue weighted by atomic mass is 10.2. The minimum Gasteiger partial charge on any atom is -0.397 e. The standard InChI is InChI=1S/2C11H15NO2S.C6H14.C3H8.C2H6O.5CH4/c2*13-15(14)8-6-12(7-9-15)10-11-4-2-1-3-5-11;1-3-5-6-4-2;1-3-2;1-2-3;;;;;/h2*1-5H,6-10H2;3-6H2,1-2H3;3H2,1-2H3;3H,2H2,1H3;5*1H4. The highest BCUT2D eigenvalue weighted by Gasteiger charge is 2.22. The van der Waals surface area contributed by atoms with E-state index in [2.05, 4.69) is 61.8 Å². The third-order valence-corrected chi connectivity index (χ3v) is 9.55. The Kier molecular flexibility index (Phi) is 43.4. The van der Waals surface area contributed by atoms with Crippen LogP contribution >= 0.6 is 0 Å². The van der Waals surface area contributed by atoms with E-state index in [-0.39, 0.29) is 43.7 Å². The molecule has 0 radical (unpaired) electrons. The zero-order chi connectivity index (χ0) is 31.7. The minimum atomic E-state index is -2.75. The quantitative estimate of drug-likeness (QED) is 0.287. The summed E-state index contributed by atoms with van der Waals surface area (Å²) in [6.07, 6.45) is 6.79. The molecule has 7 nitrogen and oxygen atoms in total. The normalized spacial score (nSPS) is 15.5. The van der Waals surface area contributed by atoms with Gasteiger partial charge in [-0.05, 0) is 18.1 Å². The molecule has 0 saturated carbocycles. The average Bonchev–Trinajstić information content (AvgIpc) is 2.97. The lowest BCUT2D eigenvalue weighted by Gasteiger charge is -2.26. The lowest BCUT2D eigenvalue weighted by Crippen LogP contribution is -2.39. The van der Waals surface area contributed by atoms with Crippen molar-refractivity contribution >= 4 is 19.7 Å². The zero-order valence-corrected chi connectivity index (χ0v) is 28.5. The second-order valence-electron chi connectivity index (χ2n) is 10.6. The molecule has 4 rings (SSSR count). The third kappa shape index (κ3) is 32.5. The van der Waals surface area contributed by atoms with Crippen LogP contribution in [-0.2, 0) is 32.8 Å². The smallest absolute Gasteiger partial charge is 0.152 e. The van der Waals surface area contributed by atoms with E-state index < -0.39 is 19.7 Å². The molecule has 2 saturated heterocycles. The predicted molar refractivity (Wildman–Crippen MR) is 213 cm³/mol. The Morgan fingerprint density at radius 2 is 0.766 bits per heavy atom. The third-order valence-electron chi connectivity index (χ3n) is 6.33. The zero-order valence-electron chi connectivity index (χ0n) is 26.9. The van der Waals surface area contributed by atoms with Crippen molar-refractivity contribution < 1.29 is 21.9 Å². The van der Waals surface area contributed by atoms with E-state index in [1.165, 1.54) is 43.2 Å². The average molecular weight is 707 g/mol. The highest BCUT2D eigenvalue weighted by molar-refractivity contribution is 7.91. The fourth-order valence-electron chi connectivity index (χ4n) is 4.00. The Morgan fingerprint density at radius 1 is 0.532 bits per heavy atom. The molecule has 9 heteroatoms. The van der Waals surface area contributed by atoms with E-state index in [1.54, 1.807) is 6.92 Å². The van der Waals surface area contributed by atoms with Gasteiger partial charge in [0.25, 0.3) is 0 Å². The van der Waals surface area contributed by atoms with Crippen LogP contribution in [0.1, 0.15) is 115 Å². The van der Waals surface area contributed by atoms with E-state index in [0.29, 0.717) is 49.2 Å². The van der Waals surface area contributed by atoms with Crippen molar-refractivity contribution in [3.8, 4) is 0 Å². The molecule has 282 valence electrons. The molecular weight excluding hydrogens is 629 g/mol. The maximum Gasteiger partial charge on any atom is 0.152 e.